The third-order valence-corrected chi connectivity index (χ3v) is 6.26. The number of hydrogen-bond acceptors (Lipinski definition) is 9. The topological polar surface area (TPSA) is 131 Å². The van der Waals surface area contributed by atoms with Crippen molar-refractivity contribution in [1.29, 1.82) is 0 Å². The van der Waals surface area contributed by atoms with Crippen LogP contribution in [0.2, 0.25) is 0 Å². The Morgan fingerprint density at radius 3 is 2.71 bits per heavy atom. The van der Waals surface area contributed by atoms with E-state index in [1.54, 1.807) is 22.1 Å². The number of urea groups is 1. The average Bonchev–Trinajstić information content (AvgIpc) is 3.67. The van der Waals surface area contributed by atoms with Gasteiger partial charge in [0, 0.05) is 31.2 Å². The fourth-order valence-corrected chi connectivity index (χ4v) is 4.49. The standard InChI is InChI=1S/C21H24N8O5/c30-20(27-7-9-31-10-8-27)23-16-11-32-19-17(12-33-18(16)19)29-21(24-25-26-29)34-15-3-1-14(2-4-15)28-6-5-22-13-28/h1-6,13,16-19H,7-12H2,(H,23,30)/t16-,17-,18+,19+/m0/s1. The van der Waals surface area contributed by atoms with Crippen molar-refractivity contribution in [1.82, 2.24) is 40.0 Å². The Morgan fingerprint density at radius 2 is 1.91 bits per heavy atom. The van der Waals surface area contributed by atoms with Crippen molar-refractivity contribution in [2.45, 2.75) is 24.3 Å². The third kappa shape index (κ3) is 3.97. The molecule has 3 fully saturated rings. The number of tetrazole rings is 1. The Hall–Kier alpha value is -3.55. The van der Waals surface area contributed by atoms with Crippen LogP contribution in [0.1, 0.15) is 6.04 Å². The van der Waals surface area contributed by atoms with Crippen LogP contribution in [0.15, 0.2) is 43.0 Å². The van der Waals surface area contributed by atoms with Gasteiger partial charge in [-0.05, 0) is 34.7 Å². The minimum absolute atomic E-state index is 0.129. The SMILES string of the molecule is O=C(N[C@H]1CO[C@H]2[C@@H]1OC[C@@H]2n1nnnc1Oc1ccc(-n2ccnc2)cc1)N1CCOCC1. The molecule has 1 aromatic carbocycles. The molecule has 1 N–H and O–H groups in total. The highest BCUT2D eigenvalue weighted by Gasteiger charge is 2.50. The van der Waals surface area contributed by atoms with E-state index in [1.807, 2.05) is 35.0 Å². The van der Waals surface area contributed by atoms with E-state index in [-0.39, 0.29) is 36.3 Å². The maximum absolute atomic E-state index is 12.6. The highest BCUT2D eigenvalue weighted by Crippen LogP contribution is 2.36. The molecular weight excluding hydrogens is 444 g/mol. The number of carbonyl (C=O) groups is 1. The van der Waals surface area contributed by atoms with Crippen molar-refractivity contribution in [3.8, 4) is 17.4 Å². The molecule has 3 aliphatic heterocycles. The van der Waals surface area contributed by atoms with Crippen LogP contribution in [0.5, 0.6) is 11.8 Å². The quantitative estimate of drug-likeness (QED) is 0.565. The van der Waals surface area contributed by atoms with E-state index in [4.69, 9.17) is 18.9 Å². The number of hydrogen-bond donors (Lipinski definition) is 1. The number of nitrogens with one attached hydrogen (secondary N) is 1. The Kier molecular flexibility index (Phi) is 5.57. The Bertz CT molecular complexity index is 1110. The zero-order valence-corrected chi connectivity index (χ0v) is 18.3. The lowest BCUT2D eigenvalue weighted by atomic mass is 10.1. The molecule has 0 unspecified atom stereocenters. The first-order chi connectivity index (χ1) is 16.8. The molecule has 0 bridgehead atoms. The molecule has 178 valence electrons. The molecule has 0 spiro atoms. The van der Waals surface area contributed by atoms with Gasteiger partial charge in [0.1, 0.15) is 24.0 Å². The number of morpholine rings is 1. The minimum atomic E-state index is -0.301. The Labute approximate surface area is 194 Å². The molecule has 0 aliphatic carbocycles. The molecule has 13 nitrogen and oxygen atoms in total. The fraction of sp³-hybridized carbons (Fsp3) is 0.476. The number of imidazole rings is 1. The maximum Gasteiger partial charge on any atom is 0.341 e. The molecule has 5 heterocycles. The molecule has 13 heteroatoms. The second-order valence-corrected chi connectivity index (χ2v) is 8.29. The van der Waals surface area contributed by atoms with Crippen LogP contribution in [0, 0.1) is 0 Å². The van der Waals surface area contributed by atoms with Gasteiger partial charge in [0.15, 0.2) is 0 Å². The van der Waals surface area contributed by atoms with Gasteiger partial charge in [0.25, 0.3) is 0 Å². The summed E-state index contributed by atoms with van der Waals surface area (Å²) in [4.78, 5) is 18.4. The van der Waals surface area contributed by atoms with E-state index in [0.717, 1.165) is 5.69 Å². The minimum Gasteiger partial charge on any atom is -0.423 e. The summed E-state index contributed by atoms with van der Waals surface area (Å²) in [6, 6.07) is 7.11. The van der Waals surface area contributed by atoms with Gasteiger partial charge in [-0.1, -0.05) is 5.10 Å². The summed E-state index contributed by atoms with van der Waals surface area (Å²) in [5, 5.41) is 15.0. The van der Waals surface area contributed by atoms with E-state index in [0.29, 0.717) is 45.3 Å². The monoisotopic (exact) mass is 468 g/mol. The summed E-state index contributed by atoms with van der Waals surface area (Å²) < 4.78 is 26.8. The molecule has 3 aromatic rings. The lowest BCUT2D eigenvalue weighted by Crippen LogP contribution is -2.52. The normalized spacial score (nSPS) is 26.4. The van der Waals surface area contributed by atoms with Gasteiger partial charge in [-0.25, -0.2) is 9.78 Å². The van der Waals surface area contributed by atoms with E-state index >= 15 is 0 Å². The molecule has 3 aliphatic rings. The number of amides is 2. The van der Waals surface area contributed by atoms with Gasteiger partial charge in [0.2, 0.25) is 0 Å². The average molecular weight is 468 g/mol. The van der Waals surface area contributed by atoms with Gasteiger partial charge >= 0.3 is 12.0 Å². The summed E-state index contributed by atoms with van der Waals surface area (Å²) in [6.07, 6.45) is 4.72. The van der Waals surface area contributed by atoms with Crippen molar-refractivity contribution in [2.24, 2.45) is 0 Å². The van der Waals surface area contributed by atoms with Crippen molar-refractivity contribution < 1.29 is 23.7 Å². The van der Waals surface area contributed by atoms with Crippen LogP contribution >= 0.6 is 0 Å². The summed E-state index contributed by atoms with van der Waals surface area (Å²) in [6.45, 7) is 2.95. The molecule has 4 atom stereocenters. The van der Waals surface area contributed by atoms with Gasteiger partial charge in [-0.15, -0.1) is 0 Å². The molecule has 0 saturated carbocycles. The Morgan fingerprint density at radius 1 is 1.09 bits per heavy atom. The van der Waals surface area contributed by atoms with E-state index < -0.39 is 0 Å². The van der Waals surface area contributed by atoms with Crippen LogP contribution in [-0.4, -0.2) is 98.5 Å². The number of rotatable bonds is 5. The molecule has 3 saturated heterocycles. The van der Waals surface area contributed by atoms with E-state index in [9.17, 15) is 4.79 Å². The predicted octanol–water partition coefficient (Wildman–Crippen LogP) is 0.400. The van der Waals surface area contributed by atoms with Gasteiger partial charge in [-0.2, -0.15) is 4.68 Å². The number of benzene rings is 1. The second kappa shape index (κ2) is 9.00. The molecule has 0 radical (unpaired) electrons. The third-order valence-electron chi connectivity index (χ3n) is 6.26. The van der Waals surface area contributed by atoms with Crippen LogP contribution in [0.3, 0.4) is 0 Å². The first-order valence-electron chi connectivity index (χ1n) is 11.2. The van der Waals surface area contributed by atoms with Crippen molar-refractivity contribution in [3.05, 3.63) is 43.0 Å². The number of carbonyl (C=O) groups excluding carboxylic acids is 1. The fourth-order valence-electron chi connectivity index (χ4n) is 4.49. The van der Waals surface area contributed by atoms with E-state index in [1.165, 1.54) is 0 Å². The zero-order valence-electron chi connectivity index (χ0n) is 18.3. The maximum atomic E-state index is 12.6. The van der Waals surface area contributed by atoms with Crippen LogP contribution in [0.4, 0.5) is 4.79 Å². The molecule has 2 amide bonds. The summed E-state index contributed by atoms with van der Waals surface area (Å²) in [5.41, 5.74) is 0.959. The van der Waals surface area contributed by atoms with E-state index in [2.05, 4.69) is 25.8 Å². The Balaban J connectivity index is 1.11. The van der Waals surface area contributed by atoms with Gasteiger partial charge in [0.05, 0.1) is 38.8 Å². The van der Waals surface area contributed by atoms with Gasteiger partial charge in [-0.3, -0.25) is 0 Å². The molecule has 6 rings (SSSR count). The highest BCUT2D eigenvalue weighted by atomic mass is 16.6. The van der Waals surface area contributed by atoms with Crippen molar-refractivity contribution in [2.75, 3.05) is 39.5 Å². The summed E-state index contributed by atoms with van der Waals surface area (Å²) in [7, 11) is 0. The van der Waals surface area contributed by atoms with Gasteiger partial charge < -0.3 is 33.7 Å². The smallest absolute Gasteiger partial charge is 0.341 e. The largest absolute Gasteiger partial charge is 0.423 e. The molecular formula is C21H24N8O5. The van der Waals surface area contributed by atoms with Crippen LogP contribution in [0.25, 0.3) is 5.69 Å². The first kappa shape index (κ1) is 21.0. The van der Waals surface area contributed by atoms with Crippen LogP contribution in [-0.2, 0) is 14.2 Å². The number of nitrogens with zero attached hydrogens (tertiary/aromatic N) is 7. The highest BCUT2D eigenvalue weighted by molar-refractivity contribution is 5.74. The summed E-state index contributed by atoms with van der Waals surface area (Å²) in [5.74, 6) is 0.596. The molecule has 2 aromatic heterocycles. The number of aromatic nitrogens is 6. The lowest BCUT2D eigenvalue weighted by molar-refractivity contribution is 0.0485. The second-order valence-electron chi connectivity index (χ2n) is 8.29. The first-order valence-corrected chi connectivity index (χ1v) is 11.2. The summed E-state index contributed by atoms with van der Waals surface area (Å²) >= 11 is 0. The predicted molar refractivity (Wildman–Crippen MR) is 115 cm³/mol. The van der Waals surface area contributed by atoms with Crippen molar-refractivity contribution in [3.63, 3.8) is 0 Å². The molecule has 34 heavy (non-hydrogen) atoms. The number of fused-ring (bicyclic) bond motifs is 1. The zero-order chi connectivity index (χ0) is 22.9. The number of ether oxygens (including phenoxy) is 4. The van der Waals surface area contributed by atoms with Crippen molar-refractivity contribution >= 4 is 6.03 Å². The lowest BCUT2D eigenvalue weighted by Gasteiger charge is -2.29. The van der Waals surface area contributed by atoms with Crippen LogP contribution < -0.4 is 10.1 Å².